The molecule has 160 valence electrons. The number of fused-ring (bicyclic) bond motifs is 1. The molecule has 0 bridgehead atoms. The summed E-state index contributed by atoms with van der Waals surface area (Å²) in [5, 5.41) is 19.1. The number of carbonyl (C=O) groups is 1. The van der Waals surface area contributed by atoms with Crippen molar-refractivity contribution in [3.63, 3.8) is 0 Å². The van der Waals surface area contributed by atoms with E-state index in [0.29, 0.717) is 44.5 Å². The number of benzene rings is 2. The normalized spacial score (nSPS) is 12.2. The van der Waals surface area contributed by atoms with Crippen LogP contribution < -0.4 is 10.5 Å². The van der Waals surface area contributed by atoms with Gasteiger partial charge in [0.15, 0.2) is 11.6 Å². The first kappa shape index (κ1) is 19.9. The Kier molecular flexibility index (Phi) is 4.92. The van der Waals surface area contributed by atoms with Crippen molar-refractivity contribution in [2.45, 2.75) is 13.0 Å². The second-order valence-electron chi connectivity index (χ2n) is 7.10. The highest BCUT2D eigenvalue weighted by Crippen LogP contribution is 2.33. The quantitative estimate of drug-likeness (QED) is 0.313. The van der Waals surface area contributed by atoms with E-state index in [1.54, 1.807) is 42.7 Å². The van der Waals surface area contributed by atoms with Crippen LogP contribution in [0.4, 0.5) is 0 Å². The van der Waals surface area contributed by atoms with Crippen LogP contribution in [0.1, 0.15) is 32.2 Å². The molecule has 1 amide bonds. The third-order valence-corrected chi connectivity index (χ3v) is 5.90. The number of hydrogen-bond donors (Lipinski definition) is 4. The number of hydrogen-bond acceptors (Lipinski definition) is 7. The molecule has 5 rings (SSSR count). The van der Waals surface area contributed by atoms with Crippen LogP contribution in [-0.4, -0.2) is 36.2 Å². The van der Waals surface area contributed by atoms with Gasteiger partial charge in [0.1, 0.15) is 17.6 Å². The molecule has 0 saturated heterocycles. The van der Waals surface area contributed by atoms with Crippen LogP contribution in [0.5, 0.6) is 11.5 Å². The first-order chi connectivity index (χ1) is 15.5. The Bertz CT molecular complexity index is 1440. The largest absolute Gasteiger partial charge is 0.456 e. The Hall–Kier alpha value is -4.02. The maximum atomic E-state index is 12.1. The van der Waals surface area contributed by atoms with Crippen LogP contribution in [-0.2, 0) is 0 Å². The van der Waals surface area contributed by atoms with Gasteiger partial charge in [0, 0.05) is 28.9 Å². The van der Waals surface area contributed by atoms with Crippen molar-refractivity contribution in [3.05, 3.63) is 76.1 Å². The van der Waals surface area contributed by atoms with Gasteiger partial charge in [0.2, 0.25) is 0 Å². The summed E-state index contributed by atoms with van der Waals surface area (Å²) < 4.78 is 6.00. The first-order valence-corrected chi connectivity index (χ1v) is 10.5. The van der Waals surface area contributed by atoms with Crippen LogP contribution in [0.2, 0.25) is 0 Å². The zero-order valence-electron chi connectivity index (χ0n) is 16.9. The SMILES string of the molecule is Cc1ncc(C(O)c2nc(-c3cccc(Oc4ccc5[nH]ccc5c4C(N)=O)c3)n[nH]2)s1. The molecular weight excluding hydrogens is 428 g/mol. The molecule has 1 atom stereocenters. The average molecular weight is 446 g/mol. The molecule has 32 heavy (non-hydrogen) atoms. The second-order valence-corrected chi connectivity index (χ2v) is 8.37. The number of carbonyl (C=O) groups excluding carboxylic acids is 1. The predicted molar refractivity (Wildman–Crippen MR) is 120 cm³/mol. The molecule has 1 unspecified atom stereocenters. The van der Waals surface area contributed by atoms with Gasteiger partial charge in [0.05, 0.1) is 15.4 Å². The van der Waals surface area contributed by atoms with Gasteiger partial charge in [-0.3, -0.25) is 9.89 Å². The summed E-state index contributed by atoms with van der Waals surface area (Å²) in [6.07, 6.45) is 2.43. The number of H-pyrrole nitrogens is 2. The molecule has 0 fully saturated rings. The number of nitrogens with one attached hydrogen (secondary N) is 2. The van der Waals surface area contributed by atoms with Crippen molar-refractivity contribution in [2.75, 3.05) is 0 Å². The van der Waals surface area contributed by atoms with Crippen LogP contribution in [0.15, 0.2) is 54.9 Å². The van der Waals surface area contributed by atoms with E-state index in [1.807, 2.05) is 19.1 Å². The fourth-order valence-electron chi connectivity index (χ4n) is 3.44. The standard InChI is InChI=1S/C22H18N6O3S/c1-11-25-10-17(32-11)19(29)22-26-21(27-28-22)12-3-2-4-13(9-12)31-16-6-5-15-14(7-8-24-15)18(16)20(23)30/h2-10,19,24,29H,1H3,(H2,23,30)(H,26,27,28). The van der Waals surface area contributed by atoms with Gasteiger partial charge in [-0.2, -0.15) is 5.10 Å². The predicted octanol–water partition coefficient (Wildman–Crippen LogP) is 3.69. The van der Waals surface area contributed by atoms with E-state index in [1.165, 1.54) is 11.3 Å². The number of aromatic nitrogens is 5. The molecule has 0 radical (unpaired) electrons. The van der Waals surface area contributed by atoms with Crippen LogP contribution in [0.3, 0.4) is 0 Å². The van der Waals surface area contributed by atoms with E-state index in [0.717, 1.165) is 10.5 Å². The summed E-state index contributed by atoms with van der Waals surface area (Å²) >= 11 is 1.40. The number of aliphatic hydroxyl groups excluding tert-OH is 1. The van der Waals surface area contributed by atoms with E-state index in [-0.39, 0.29) is 0 Å². The molecule has 0 aliphatic heterocycles. The second kappa shape index (κ2) is 7.91. The van der Waals surface area contributed by atoms with Crippen molar-refractivity contribution in [1.29, 1.82) is 0 Å². The molecule has 5 N–H and O–H groups in total. The summed E-state index contributed by atoms with van der Waals surface area (Å²) in [7, 11) is 0. The van der Waals surface area contributed by atoms with Gasteiger partial charge in [-0.05, 0) is 37.3 Å². The summed E-state index contributed by atoms with van der Waals surface area (Å²) in [6.45, 7) is 1.87. The lowest BCUT2D eigenvalue weighted by Gasteiger charge is -2.11. The van der Waals surface area contributed by atoms with Crippen LogP contribution in [0, 0.1) is 6.92 Å². The summed E-state index contributed by atoms with van der Waals surface area (Å²) in [5.74, 6) is 0.997. The fraction of sp³-hybridized carbons (Fsp3) is 0.0909. The lowest BCUT2D eigenvalue weighted by Crippen LogP contribution is -2.12. The zero-order chi connectivity index (χ0) is 22.2. The molecular formula is C22H18N6O3S. The minimum Gasteiger partial charge on any atom is -0.456 e. The number of nitrogens with two attached hydrogens (primary N) is 1. The Balaban J connectivity index is 1.44. The highest BCUT2D eigenvalue weighted by molar-refractivity contribution is 7.11. The van der Waals surface area contributed by atoms with Gasteiger partial charge in [-0.25, -0.2) is 9.97 Å². The van der Waals surface area contributed by atoms with Crippen molar-refractivity contribution in [3.8, 4) is 22.9 Å². The van der Waals surface area contributed by atoms with E-state index in [9.17, 15) is 9.90 Å². The zero-order valence-corrected chi connectivity index (χ0v) is 17.7. The van der Waals surface area contributed by atoms with E-state index in [2.05, 4.69) is 25.1 Å². The minimum absolute atomic E-state index is 0.303. The van der Waals surface area contributed by atoms with Crippen molar-refractivity contribution < 1.29 is 14.6 Å². The molecule has 0 saturated carbocycles. The number of aryl methyl sites for hydroxylation is 1. The summed E-state index contributed by atoms with van der Waals surface area (Å²) in [4.78, 5) is 24.4. The number of nitrogens with zero attached hydrogens (tertiary/aromatic N) is 3. The Morgan fingerprint density at radius 2 is 2.12 bits per heavy atom. The Labute approximate surface area is 185 Å². The van der Waals surface area contributed by atoms with E-state index < -0.39 is 12.0 Å². The topological polar surface area (TPSA) is 143 Å². The summed E-state index contributed by atoms with van der Waals surface area (Å²) in [6, 6.07) is 12.4. The molecule has 0 aliphatic rings. The Morgan fingerprint density at radius 1 is 1.25 bits per heavy atom. The number of amides is 1. The number of primary amides is 1. The summed E-state index contributed by atoms with van der Waals surface area (Å²) in [5.41, 5.74) is 7.39. The molecule has 3 heterocycles. The van der Waals surface area contributed by atoms with E-state index >= 15 is 0 Å². The van der Waals surface area contributed by atoms with Gasteiger partial charge >= 0.3 is 0 Å². The maximum absolute atomic E-state index is 12.1. The molecule has 2 aromatic carbocycles. The molecule has 0 spiro atoms. The van der Waals surface area contributed by atoms with Gasteiger partial charge in [-0.1, -0.05) is 12.1 Å². The number of ether oxygens (including phenoxy) is 1. The molecule has 10 heteroatoms. The average Bonchev–Trinajstić information content (AvgIpc) is 3.53. The van der Waals surface area contributed by atoms with Gasteiger partial charge in [0.25, 0.3) is 5.91 Å². The minimum atomic E-state index is -0.937. The van der Waals surface area contributed by atoms with Crippen molar-refractivity contribution >= 4 is 28.1 Å². The number of rotatable bonds is 6. The molecule has 3 aromatic heterocycles. The highest BCUT2D eigenvalue weighted by atomic mass is 32.1. The molecule has 9 nitrogen and oxygen atoms in total. The van der Waals surface area contributed by atoms with E-state index in [4.69, 9.17) is 10.5 Å². The number of aromatic amines is 2. The van der Waals surface area contributed by atoms with Crippen LogP contribution >= 0.6 is 11.3 Å². The molecule has 0 aliphatic carbocycles. The smallest absolute Gasteiger partial charge is 0.253 e. The van der Waals surface area contributed by atoms with Gasteiger partial charge in [-0.15, -0.1) is 11.3 Å². The third-order valence-electron chi connectivity index (χ3n) is 4.93. The fourth-order valence-corrected chi connectivity index (χ4v) is 4.22. The molecule has 5 aromatic rings. The number of thiazole rings is 1. The third kappa shape index (κ3) is 3.61. The Morgan fingerprint density at radius 3 is 2.91 bits per heavy atom. The lowest BCUT2D eigenvalue weighted by atomic mass is 10.1. The van der Waals surface area contributed by atoms with Crippen molar-refractivity contribution in [1.82, 2.24) is 25.1 Å². The lowest BCUT2D eigenvalue weighted by molar-refractivity contribution is 0.0999. The van der Waals surface area contributed by atoms with Crippen LogP contribution in [0.25, 0.3) is 22.3 Å². The van der Waals surface area contributed by atoms with Gasteiger partial charge < -0.3 is 20.6 Å². The maximum Gasteiger partial charge on any atom is 0.253 e. The monoisotopic (exact) mass is 446 g/mol. The van der Waals surface area contributed by atoms with Crippen molar-refractivity contribution in [2.24, 2.45) is 5.73 Å². The first-order valence-electron chi connectivity index (χ1n) is 9.70. The number of aliphatic hydroxyl groups is 1. The highest BCUT2D eigenvalue weighted by Gasteiger charge is 2.19.